The summed E-state index contributed by atoms with van der Waals surface area (Å²) in [5.41, 5.74) is 6.71. The second kappa shape index (κ2) is 4.75. The molecule has 2 N–H and O–H groups in total. The molecule has 0 saturated carbocycles. The van der Waals surface area contributed by atoms with Crippen molar-refractivity contribution in [3.8, 4) is 0 Å². The van der Waals surface area contributed by atoms with Crippen LogP contribution in [-0.2, 0) is 0 Å². The molecule has 1 fully saturated rings. The lowest BCUT2D eigenvalue weighted by Crippen LogP contribution is -2.43. The molecule has 94 valence electrons. The number of nitrogens with zero attached hydrogens (tertiary/aromatic N) is 1. The van der Waals surface area contributed by atoms with E-state index < -0.39 is 0 Å². The van der Waals surface area contributed by atoms with Gasteiger partial charge in [0, 0.05) is 17.6 Å². The third-order valence-corrected chi connectivity index (χ3v) is 3.83. The molecule has 0 radical (unpaired) electrons. The summed E-state index contributed by atoms with van der Waals surface area (Å²) in [6.07, 6.45) is 2.32. The van der Waals surface area contributed by atoms with Crippen LogP contribution in [0.3, 0.4) is 0 Å². The molecule has 0 spiro atoms. The van der Waals surface area contributed by atoms with Crippen LogP contribution in [0.2, 0.25) is 0 Å². The van der Waals surface area contributed by atoms with Crippen molar-refractivity contribution < 1.29 is 4.39 Å². The normalized spacial score (nSPS) is 21.6. The molecule has 1 aliphatic rings. The highest BCUT2D eigenvalue weighted by atomic mass is 19.1. The van der Waals surface area contributed by atoms with Gasteiger partial charge in [-0.15, -0.1) is 0 Å². The molecule has 17 heavy (non-hydrogen) atoms. The molecular weight excluding hydrogens is 215 g/mol. The van der Waals surface area contributed by atoms with Crippen LogP contribution in [0, 0.1) is 5.82 Å². The molecule has 1 aromatic carbocycles. The maximum Gasteiger partial charge on any atom is 0.128 e. The molecule has 1 aliphatic heterocycles. The van der Waals surface area contributed by atoms with Crippen LogP contribution >= 0.6 is 0 Å². The highest BCUT2D eigenvalue weighted by Gasteiger charge is 2.37. The molecule has 2 nitrogen and oxygen atoms in total. The van der Waals surface area contributed by atoms with Crippen LogP contribution in [0.15, 0.2) is 24.3 Å². The summed E-state index contributed by atoms with van der Waals surface area (Å²) in [6.45, 7) is 5.89. The number of likely N-dealkylation sites (tertiary alicyclic amines) is 1. The lowest BCUT2D eigenvalue weighted by Gasteiger charge is -2.38. The minimum absolute atomic E-state index is 0.00583. The van der Waals surface area contributed by atoms with Crippen molar-refractivity contribution in [1.82, 2.24) is 4.90 Å². The highest BCUT2D eigenvalue weighted by molar-refractivity contribution is 5.22. The first-order valence-electron chi connectivity index (χ1n) is 6.27. The Morgan fingerprint density at radius 1 is 1.41 bits per heavy atom. The standard InChI is InChI=1S/C14H21FN2/c1-14(2)8-5-9-17(14)13(10-16)11-6-3-4-7-12(11)15/h3-4,6-7,13H,5,8-10,16H2,1-2H3. The Labute approximate surface area is 103 Å². The largest absolute Gasteiger partial charge is 0.329 e. The minimum Gasteiger partial charge on any atom is -0.329 e. The Morgan fingerprint density at radius 2 is 2.12 bits per heavy atom. The Balaban J connectivity index is 2.31. The van der Waals surface area contributed by atoms with Crippen molar-refractivity contribution in [2.75, 3.05) is 13.1 Å². The predicted molar refractivity (Wildman–Crippen MR) is 68.2 cm³/mol. The molecule has 0 aromatic heterocycles. The molecule has 1 heterocycles. The number of nitrogens with two attached hydrogens (primary N) is 1. The van der Waals surface area contributed by atoms with Gasteiger partial charge in [-0.25, -0.2) is 4.39 Å². The molecule has 1 unspecified atom stereocenters. The first kappa shape index (κ1) is 12.5. The summed E-state index contributed by atoms with van der Waals surface area (Å²) in [5, 5.41) is 0. The van der Waals surface area contributed by atoms with Gasteiger partial charge in [0.05, 0.1) is 6.04 Å². The van der Waals surface area contributed by atoms with E-state index in [9.17, 15) is 4.39 Å². The molecule has 0 bridgehead atoms. The van der Waals surface area contributed by atoms with E-state index in [1.165, 1.54) is 6.07 Å². The fourth-order valence-electron chi connectivity index (χ4n) is 2.87. The molecule has 1 saturated heterocycles. The van der Waals surface area contributed by atoms with E-state index in [4.69, 9.17) is 5.73 Å². The van der Waals surface area contributed by atoms with Gasteiger partial charge in [-0.2, -0.15) is 0 Å². The number of halogens is 1. The molecular formula is C14H21FN2. The molecule has 3 heteroatoms. The highest BCUT2D eigenvalue weighted by Crippen LogP contribution is 2.36. The SMILES string of the molecule is CC1(C)CCCN1C(CN)c1ccccc1F. The first-order chi connectivity index (χ1) is 8.06. The van der Waals surface area contributed by atoms with Gasteiger partial charge >= 0.3 is 0 Å². The zero-order valence-electron chi connectivity index (χ0n) is 10.6. The molecule has 1 atom stereocenters. The van der Waals surface area contributed by atoms with Gasteiger partial charge in [-0.3, -0.25) is 4.90 Å². The number of rotatable bonds is 3. The summed E-state index contributed by atoms with van der Waals surface area (Å²) in [6, 6.07) is 6.96. The quantitative estimate of drug-likeness (QED) is 0.874. The van der Waals surface area contributed by atoms with Crippen molar-refractivity contribution in [3.63, 3.8) is 0 Å². The van der Waals surface area contributed by atoms with E-state index in [-0.39, 0.29) is 17.4 Å². The second-order valence-electron chi connectivity index (χ2n) is 5.38. The monoisotopic (exact) mass is 236 g/mol. The zero-order chi connectivity index (χ0) is 12.5. The van der Waals surface area contributed by atoms with Crippen LogP contribution in [0.1, 0.15) is 38.3 Å². The van der Waals surface area contributed by atoms with Gasteiger partial charge in [0.1, 0.15) is 5.82 Å². The Hall–Kier alpha value is -0.930. The molecule has 1 aromatic rings. The summed E-state index contributed by atoms with van der Waals surface area (Å²) >= 11 is 0. The van der Waals surface area contributed by atoms with Crippen molar-refractivity contribution in [2.45, 2.75) is 38.3 Å². The topological polar surface area (TPSA) is 29.3 Å². The Bertz CT molecular complexity index is 390. The Kier molecular flexibility index (Phi) is 3.50. The van der Waals surface area contributed by atoms with Gasteiger partial charge in [0.15, 0.2) is 0 Å². The van der Waals surface area contributed by atoms with Crippen LogP contribution < -0.4 is 5.73 Å². The lowest BCUT2D eigenvalue weighted by atomic mass is 9.97. The minimum atomic E-state index is -0.148. The summed E-state index contributed by atoms with van der Waals surface area (Å²) in [4.78, 5) is 2.34. The smallest absolute Gasteiger partial charge is 0.128 e. The third-order valence-electron chi connectivity index (χ3n) is 3.83. The molecule has 2 rings (SSSR count). The summed E-state index contributed by atoms with van der Waals surface area (Å²) < 4.78 is 13.8. The third kappa shape index (κ3) is 2.35. The van der Waals surface area contributed by atoms with Gasteiger partial charge in [0.2, 0.25) is 0 Å². The van der Waals surface area contributed by atoms with Crippen LogP contribution in [0.4, 0.5) is 4.39 Å². The van der Waals surface area contributed by atoms with Crippen molar-refractivity contribution >= 4 is 0 Å². The van der Waals surface area contributed by atoms with E-state index in [0.717, 1.165) is 24.9 Å². The average molecular weight is 236 g/mol. The fourth-order valence-corrected chi connectivity index (χ4v) is 2.87. The van der Waals surface area contributed by atoms with Gasteiger partial charge in [0.25, 0.3) is 0 Å². The zero-order valence-corrected chi connectivity index (χ0v) is 10.6. The lowest BCUT2D eigenvalue weighted by molar-refractivity contribution is 0.117. The fraction of sp³-hybridized carbons (Fsp3) is 0.571. The van der Waals surface area contributed by atoms with Crippen LogP contribution in [-0.4, -0.2) is 23.5 Å². The van der Waals surface area contributed by atoms with Gasteiger partial charge in [-0.05, 0) is 39.3 Å². The van der Waals surface area contributed by atoms with E-state index >= 15 is 0 Å². The maximum atomic E-state index is 13.8. The van der Waals surface area contributed by atoms with E-state index in [2.05, 4.69) is 18.7 Å². The predicted octanol–water partition coefficient (Wildman–Crippen LogP) is 2.70. The maximum absolute atomic E-state index is 13.8. The average Bonchev–Trinajstić information content (AvgIpc) is 2.63. The van der Waals surface area contributed by atoms with Gasteiger partial charge < -0.3 is 5.73 Å². The number of hydrogen-bond donors (Lipinski definition) is 1. The van der Waals surface area contributed by atoms with Crippen molar-refractivity contribution in [3.05, 3.63) is 35.6 Å². The van der Waals surface area contributed by atoms with Crippen LogP contribution in [0.25, 0.3) is 0 Å². The first-order valence-corrected chi connectivity index (χ1v) is 6.27. The van der Waals surface area contributed by atoms with E-state index in [1.54, 1.807) is 6.07 Å². The summed E-state index contributed by atoms with van der Waals surface area (Å²) in [7, 11) is 0. The van der Waals surface area contributed by atoms with E-state index in [1.807, 2.05) is 12.1 Å². The van der Waals surface area contributed by atoms with Crippen molar-refractivity contribution in [2.24, 2.45) is 5.73 Å². The summed E-state index contributed by atoms with van der Waals surface area (Å²) in [5.74, 6) is -0.148. The molecule has 0 amide bonds. The molecule has 0 aliphatic carbocycles. The number of hydrogen-bond acceptors (Lipinski definition) is 2. The second-order valence-corrected chi connectivity index (χ2v) is 5.38. The Morgan fingerprint density at radius 3 is 2.65 bits per heavy atom. The van der Waals surface area contributed by atoms with Crippen LogP contribution in [0.5, 0.6) is 0 Å². The number of benzene rings is 1. The van der Waals surface area contributed by atoms with Crippen molar-refractivity contribution in [1.29, 1.82) is 0 Å². The van der Waals surface area contributed by atoms with Gasteiger partial charge in [-0.1, -0.05) is 18.2 Å². The van der Waals surface area contributed by atoms with E-state index in [0.29, 0.717) is 6.54 Å².